The highest BCUT2D eigenvalue weighted by atomic mass is 79.9. The minimum atomic E-state index is -0.148. The summed E-state index contributed by atoms with van der Waals surface area (Å²) in [6, 6.07) is 5.69. The van der Waals surface area contributed by atoms with Gasteiger partial charge in [-0.3, -0.25) is 4.79 Å². The molecule has 20 heavy (non-hydrogen) atoms. The number of aliphatic hydroxyl groups excluding tert-OH is 2. The molecule has 108 valence electrons. The van der Waals surface area contributed by atoms with E-state index in [4.69, 9.17) is 10.2 Å². The highest BCUT2D eigenvalue weighted by molar-refractivity contribution is 9.10. The van der Waals surface area contributed by atoms with Gasteiger partial charge >= 0.3 is 0 Å². The van der Waals surface area contributed by atoms with Crippen LogP contribution in [0.5, 0.6) is 0 Å². The molecule has 1 amide bonds. The summed E-state index contributed by atoms with van der Waals surface area (Å²) in [6.07, 6.45) is 2.18. The van der Waals surface area contributed by atoms with E-state index >= 15 is 0 Å². The molecular weight excluding hydrogens is 324 g/mol. The predicted octanol–water partition coefficient (Wildman–Crippen LogP) is 1.75. The Hall–Kier alpha value is -1.37. The fourth-order valence-corrected chi connectivity index (χ4v) is 2.76. The second-order valence-electron chi connectivity index (χ2n) is 4.46. The van der Waals surface area contributed by atoms with E-state index in [2.05, 4.69) is 20.9 Å². The van der Waals surface area contributed by atoms with Gasteiger partial charge in [-0.05, 0) is 18.6 Å². The average Bonchev–Trinajstić information content (AvgIpc) is 2.88. The Morgan fingerprint density at radius 1 is 1.25 bits per heavy atom. The Morgan fingerprint density at radius 3 is 2.75 bits per heavy atom. The van der Waals surface area contributed by atoms with Crippen LogP contribution in [0, 0.1) is 0 Å². The first-order valence-corrected chi connectivity index (χ1v) is 7.25. The van der Waals surface area contributed by atoms with Gasteiger partial charge in [0.2, 0.25) is 0 Å². The minimum absolute atomic E-state index is 0.0206. The summed E-state index contributed by atoms with van der Waals surface area (Å²) in [4.78, 5) is 17.2. The number of H-pyrrole nitrogens is 1. The van der Waals surface area contributed by atoms with Crippen LogP contribution < -0.4 is 0 Å². The number of fused-ring (bicyclic) bond motifs is 1. The SMILES string of the molecule is O=C(c1c[nH]c2cccc(Br)c12)N(CCO)CCCO. The fourth-order valence-electron chi connectivity index (χ4n) is 2.18. The third kappa shape index (κ3) is 3.03. The summed E-state index contributed by atoms with van der Waals surface area (Å²) in [6.45, 7) is 0.608. The summed E-state index contributed by atoms with van der Waals surface area (Å²) in [5, 5.41) is 18.8. The van der Waals surface area contributed by atoms with Crippen LogP contribution in [0.4, 0.5) is 0 Å². The number of rotatable bonds is 6. The number of aromatic amines is 1. The monoisotopic (exact) mass is 340 g/mol. The number of aromatic nitrogens is 1. The molecule has 1 aromatic heterocycles. The van der Waals surface area contributed by atoms with Gasteiger partial charge in [-0.25, -0.2) is 0 Å². The molecule has 6 heteroatoms. The zero-order valence-electron chi connectivity index (χ0n) is 11.0. The van der Waals surface area contributed by atoms with E-state index < -0.39 is 0 Å². The van der Waals surface area contributed by atoms with E-state index in [9.17, 15) is 4.79 Å². The van der Waals surface area contributed by atoms with Crippen molar-refractivity contribution in [2.45, 2.75) is 6.42 Å². The summed E-state index contributed by atoms with van der Waals surface area (Å²) in [7, 11) is 0. The third-order valence-corrected chi connectivity index (χ3v) is 3.79. The molecule has 0 saturated carbocycles. The maximum absolute atomic E-state index is 12.6. The minimum Gasteiger partial charge on any atom is -0.396 e. The van der Waals surface area contributed by atoms with Crippen molar-refractivity contribution >= 4 is 32.7 Å². The number of aliphatic hydroxyl groups is 2. The highest BCUT2D eigenvalue weighted by Gasteiger charge is 2.19. The van der Waals surface area contributed by atoms with E-state index in [0.29, 0.717) is 18.5 Å². The van der Waals surface area contributed by atoms with E-state index in [-0.39, 0.29) is 25.7 Å². The van der Waals surface area contributed by atoms with Gasteiger partial charge in [-0.1, -0.05) is 22.0 Å². The Morgan fingerprint density at radius 2 is 2.05 bits per heavy atom. The number of benzene rings is 1. The lowest BCUT2D eigenvalue weighted by Crippen LogP contribution is -2.34. The first-order chi connectivity index (χ1) is 9.69. The third-order valence-electron chi connectivity index (χ3n) is 3.13. The van der Waals surface area contributed by atoms with Gasteiger partial charge in [0.25, 0.3) is 5.91 Å². The van der Waals surface area contributed by atoms with Crippen molar-refractivity contribution in [3.8, 4) is 0 Å². The molecule has 1 heterocycles. The van der Waals surface area contributed by atoms with Gasteiger partial charge < -0.3 is 20.1 Å². The molecule has 0 aliphatic rings. The molecule has 0 radical (unpaired) electrons. The number of nitrogens with one attached hydrogen (secondary N) is 1. The Kier molecular flexibility index (Phi) is 5.17. The molecule has 0 fully saturated rings. The Labute approximate surface area is 125 Å². The van der Waals surface area contributed by atoms with Gasteiger partial charge in [0.05, 0.1) is 12.2 Å². The molecule has 5 nitrogen and oxygen atoms in total. The maximum Gasteiger partial charge on any atom is 0.256 e. The number of amides is 1. The highest BCUT2D eigenvalue weighted by Crippen LogP contribution is 2.27. The number of hydrogen-bond acceptors (Lipinski definition) is 3. The molecule has 3 N–H and O–H groups in total. The number of nitrogens with zero attached hydrogens (tertiary/aromatic N) is 1. The zero-order valence-corrected chi connectivity index (χ0v) is 12.6. The first kappa shape index (κ1) is 15.0. The number of halogens is 1. The van der Waals surface area contributed by atoms with Crippen LogP contribution in [0.15, 0.2) is 28.9 Å². The summed E-state index contributed by atoms with van der Waals surface area (Å²) in [5.41, 5.74) is 1.45. The largest absolute Gasteiger partial charge is 0.396 e. The van der Waals surface area contributed by atoms with Crippen LogP contribution in [-0.2, 0) is 0 Å². The average molecular weight is 341 g/mol. The number of carbonyl (C=O) groups excluding carboxylic acids is 1. The molecule has 0 saturated heterocycles. The molecule has 0 unspecified atom stereocenters. The molecule has 2 aromatic rings. The molecule has 0 spiro atoms. The zero-order chi connectivity index (χ0) is 14.5. The van der Waals surface area contributed by atoms with E-state index in [1.165, 1.54) is 0 Å². The lowest BCUT2D eigenvalue weighted by molar-refractivity contribution is 0.0712. The molecule has 1 aromatic carbocycles. The molecule has 2 rings (SSSR count). The molecular formula is C14H17BrN2O3. The van der Waals surface area contributed by atoms with Crippen LogP contribution in [-0.4, -0.2) is 52.3 Å². The second-order valence-corrected chi connectivity index (χ2v) is 5.31. The van der Waals surface area contributed by atoms with Crippen molar-refractivity contribution in [2.75, 3.05) is 26.3 Å². The van der Waals surface area contributed by atoms with Crippen molar-refractivity contribution in [1.82, 2.24) is 9.88 Å². The number of carbonyl (C=O) groups is 1. The first-order valence-electron chi connectivity index (χ1n) is 6.45. The van der Waals surface area contributed by atoms with Crippen molar-refractivity contribution in [2.24, 2.45) is 0 Å². The smallest absolute Gasteiger partial charge is 0.256 e. The quantitative estimate of drug-likeness (QED) is 0.749. The lowest BCUT2D eigenvalue weighted by atomic mass is 10.1. The topological polar surface area (TPSA) is 76.6 Å². The van der Waals surface area contributed by atoms with Gasteiger partial charge in [0, 0.05) is 41.3 Å². The van der Waals surface area contributed by atoms with Gasteiger partial charge in [-0.2, -0.15) is 0 Å². The van der Waals surface area contributed by atoms with Crippen LogP contribution in [0.3, 0.4) is 0 Å². The van der Waals surface area contributed by atoms with Gasteiger partial charge in [0.15, 0.2) is 0 Å². The Balaban J connectivity index is 2.33. The summed E-state index contributed by atoms with van der Waals surface area (Å²) < 4.78 is 0.853. The molecule has 0 atom stereocenters. The van der Waals surface area contributed by atoms with E-state index in [1.54, 1.807) is 11.1 Å². The summed E-state index contributed by atoms with van der Waals surface area (Å²) in [5.74, 6) is -0.148. The normalized spacial score (nSPS) is 10.9. The van der Waals surface area contributed by atoms with Crippen LogP contribution in [0.2, 0.25) is 0 Å². The van der Waals surface area contributed by atoms with Gasteiger partial charge in [0.1, 0.15) is 0 Å². The summed E-state index contributed by atoms with van der Waals surface area (Å²) >= 11 is 3.46. The number of hydrogen-bond donors (Lipinski definition) is 3. The molecule has 0 aliphatic carbocycles. The van der Waals surface area contributed by atoms with Crippen molar-refractivity contribution in [3.63, 3.8) is 0 Å². The van der Waals surface area contributed by atoms with E-state index in [1.807, 2.05) is 18.2 Å². The Bertz CT molecular complexity index is 597. The van der Waals surface area contributed by atoms with Crippen LogP contribution >= 0.6 is 15.9 Å². The molecule has 0 aliphatic heterocycles. The van der Waals surface area contributed by atoms with Gasteiger partial charge in [-0.15, -0.1) is 0 Å². The van der Waals surface area contributed by atoms with Crippen molar-refractivity contribution < 1.29 is 15.0 Å². The van der Waals surface area contributed by atoms with Crippen LogP contribution in [0.25, 0.3) is 10.9 Å². The van der Waals surface area contributed by atoms with Crippen molar-refractivity contribution in [3.05, 3.63) is 34.4 Å². The van der Waals surface area contributed by atoms with Crippen LogP contribution in [0.1, 0.15) is 16.8 Å². The maximum atomic E-state index is 12.6. The fraction of sp³-hybridized carbons (Fsp3) is 0.357. The molecule has 0 bridgehead atoms. The predicted molar refractivity (Wildman–Crippen MR) is 80.7 cm³/mol. The second kappa shape index (κ2) is 6.88. The van der Waals surface area contributed by atoms with E-state index in [0.717, 1.165) is 15.4 Å². The van der Waals surface area contributed by atoms with Crippen molar-refractivity contribution in [1.29, 1.82) is 0 Å². The standard InChI is InChI=1S/C14H17BrN2O3/c15-11-3-1-4-12-13(11)10(9-16-12)14(20)17(6-8-19)5-2-7-18/h1,3-4,9,16,18-19H,2,5-8H2. The lowest BCUT2D eigenvalue weighted by Gasteiger charge is -2.21.